The van der Waals surface area contributed by atoms with Crippen molar-refractivity contribution in [3.63, 3.8) is 0 Å². The molecule has 1 unspecified atom stereocenters. The first-order valence-electron chi connectivity index (χ1n) is 5.57. The Labute approximate surface area is 101 Å². The topological polar surface area (TPSA) is 82.2 Å². The summed E-state index contributed by atoms with van der Waals surface area (Å²) in [7, 11) is 1.36. The van der Waals surface area contributed by atoms with Gasteiger partial charge in [0.25, 0.3) is 0 Å². The van der Waals surface area contributed by atoms with E-state index in [4.69, 9.17) is 5.73 Å². The quantitative estimate of drug-likeness (QED) is 0.776. The van der Waals surface area contributed by atoms with Gasteiger partial charge in [0.2, 0.25) is 0 Å². The third-order valence-electron chi connectivity index (χ3n) is 2.53. The first-order chi connectivity index (χ1) is 7.88. The number of hydrogen-bond donors (Lipinski definition) is 2. The van der Waals surface area contributed by atoms with E-state index in [9.17, 15) is 4.79 Å². The summed E-state index contributed by atoms with van der Waals surface area (Å²) in [6.07, 6.45) is 0. The van der Waals surface area contributed by atoms with Crippen LogP contribution >= 0.6 is 0 Å². The Morgan fingerprint density at radius 3 is 2.53 bits per heavy atom. The predicted molar refractivity (Wildman–Crippen MR) is 66.9 cm³/mol. The molecule has 0 aliphatic carbocycles. The molecule has 0 fully saturated rings. The largest absolute Gasteiger partial charge is 0.467 e. The summed E-state index contributed by atoms with van der Waals surface area (Å²) < 4.78 is 6.43. The number of ether oxygens (including phenoxy) is 1. The van der Waals surface area contributed by atoms with Crippen LogP contribution < -0.4 is 11.1 Å². The summed E-state index contributed by atoms with van der Waals surface area (Å²) in [4.78, 5) is 11.4. The minimum Gasteiger partial charge on any atom is -0.467 e. The number of nitrogens with one attached hydrogen (secondary N) is 1. The normalized spacial score (nSPS) is 12.6. The SMILES string of the molecule is COC(=O)C(C)Nc1c(N)c(C)nn1C(C)C. The highest BCUT2D eigenvalue weighted by Crippen LogP contribution is 2.26. The highest BCUT2D eigenvalue weighted by Gasteiger charge is 2.20. The molecule has 0 aromatic carbocycles. The van der Waals surface area contributed by atoms with Gasteiger partial charge in [-0.3, -0.25) is 0 Å². The van der Waals surface area contributed by atoms with Gasteiger partial charge in [-0.2, -0.15) is 5.10 Å². The zero-order valence-corrected chi connectivity index (χ0v) is 10.9. The fraction of sp³-hybridized carbons (Fsp3) is 0.636. The molecule has 1 aromatic heterocycles. The molecule has 0 amide bonds. The molecule has 1 rings (SSSR count). The van der Waals surface area contributed by atoms with Gasteiger partial charge in [-0.25, -0.2) is 9.48 Å². The standard InChI is InChI=1S/C11H20N4O2/c1-6(2)15-10(9(12)7(3)14-15)13-8(4)11(16)17-5/h6,8,13H,12H2,1-5H3. The van der Waals surface area contributed by atoms with Gasteiger partial charge in [-0.1, -0.05) is 0 Å². The summed E-state index contributed by atoms with van der Waals surface area (Å²) >= 11 is 0. The molecular formula is C11H20N4O2. The molecule has 17 heavy (non-hydrogen) atoms. The van der Waals surface area contributed by atoms with E-state index in [0.717, 1.165) is 5.69 Å². The lowest BCUT2D eigenvalue weighted by Gasteiger charge is -2.16. The van der Waals surface area contributed by atoms with Crippen LogP contribution in [0.15, 0.2) is 0 Å². The van der Waals surface area contributed by atoms with Crippen LogP contribution in [0.4, 0.5) is 11.5 Å². The van der Waals surface area contributed by atoms with Gasteiger partial charge in [0.1, 0.15) is 11.9 Å². The van der Waals surface area contributed by atoms with Crippen LogP contribution in [0.5, 0.6) is 0 Å². The lowest BCUT2D eigenvalue weighted by atomic mass is 10.3. The summed E-state index contributed by atoms with van der Waals surface area (Å²) in [6, 6.07) is -0.297. The average molecular weight is 240 g/mol. The third kappa shape index (κ3) is 2.69. The number of nitrogen functional groups attached to an aromatic ring is 1. The minimum atomic E-state index is -0.462. The number of nitrogens with two attached hydrogens (primary N) is 1. The number of esters is 1. The van der Waals surface area contributed by atoms with Crippen molar-refractivity contribution >= 4 is 17.5 Å². The molecular weight excluding hydrogens is 220 g/mol. The molecule has 0 spiro atoms. The second-order valence-corrected chi connectivity index (χ2v) is 4.28. The first kappa shape index (κ1) is 13.3. The van der Waals surface area contributed by atoms with Gasteiger partial charge in [-0.05, 0) is 27.7 Å². The Kier molecular flexibility index (Phi) is 3.98. The molecule has 1 atom stereocenters. The molecule has 96 valence electrons. The van der Waals surface area contributed by atoms with Crippen LogP contribution in [-0.4, -0.2) is 28.9 Å². The number of carbonyl (C=O) groups is 1. The molecule has 0 saturated carbocycles. The van der Waals surface area contributed by atoms with E-state index >= 15 is 0 Å². The minimum absolute atomic E-state index is 0.165. The summed E-state index contributed by atoms with van der Waals surface area (Å²) in [5.41, 5.74) is 7.25. The number of anilines is 2. The van der Waals surface area contributed by atoms with Gasteiger partial charge in [0.15, 0.2) is 0 Å². The van der Waals surface area contributed by atoms with Gasteiger partial charge in [0.05, 0.1) is 18.5 Å². The number of nitrogens with zero attached hydrogens (tertiary/aromatic N) is 2. The molecule has 1 heterocycles. The first-order valence-corrected chi connectivity index (χ1v) is 5.57. The number of methoxy groups -OCH3 is 1. The number of aromatic nitrogens is 2. The van der Waals surface area contributed by atoms with Crippen LogP contribution in [0.2, 0.25) is 0 Å². The van der Waals surface area contributed by atoms with E-state index < -0.39 is 6.04 Å². The molecule has 0 saturated heterocycles. The van der Waals surface area contributed by atoms with Crippen molar-refractivity contribution in [3.8, 4) is 0 Å². The van der Waals surface area contributed by atoms with Crippen molar-refractivity contribution < 1.29 is 9.53 Å². The highest BCUT2D eigenvalue weighted by atomic mass is 16.5. The van der Waals surface area contributed by atoms with Crippen LogP contribution in [0.3, 0.4) is 0 Å². The highest BCUT2D eigenvalue weighted by molar-refractivity contribution is 5.80. The molecule has 0 aliphatic rings. The van der Waals surface area contributed by atoms with E-state index in [-0.39, 0.29) is 12.0 Å². The number of aryl methyl sites for hydroxylation is 1. The molecule has 3 N–H and O–H groups in total. The average Bonchev–Trinajstić information content (AvgIpc) is 2.56. The Hall–Kier alpha value is -1.72. The van der Waals surface area contributed by atoms with Crippen LogP contribution in [0.1, 0.15) is 32.5 Å². The van der Waals surface area contributed by atoms with Crippen molar-refractivity contribution in [3.05, 3.63) is 5.69 Å². The maximum absolute atomic E-state index is 11.4. The van der Waals surface area contributed by atoms with Crippen molar-refractivity contribution in [2.75, 3.05) is 18.2 Å². The predicted octanol–water partition coefficient (Wildman–Crippen LogP) is 1.33. The molecule has 6 nitrogen and oxygen atoms in total. The van der Waals surface area contributed by atoms with E-state index in [1.807, 2.05) is 20.8 Å². The Morgan fingerprint density at radius 1 is 1.47 bits per heavy atom. The molecule has 6 heteroatoms. The fourth-order valence-electron chi connectivity index (χ4n) is 1.52. The molecule has 0 aliphatic heterocycles. The van der Waals surface area contributed by atoms with E-state index in [2.05, 4.69) is 15.2 Å². The molecule has 0 radical (unpaired) electrons. The van der Waals surface area contributed by atoms with Crippen LogP contribution in [-0.2, 0) is 9.53 Å². The zero-order valence-electron chi connectivity index (χ0n) is 10.9. The number of hydrogen-bond acceptors (Lipinski definition) is 5. The maximum atomic E-state index is 11.4. The fourth-order valence-corrected chi connectivity index (χ4v) is 1.52. The van der Waals surface area contributed by atoms with Crippen LogP contribution in [0.25, 0.3) is 0 Å². The van der Waals surface area contributed by atoms with Crippen LogP contribution in [0, 0.1) is 6.92 Å². The lowest BCUT2D eigenvalue weighted by Crippen LogP contribution is -2.29. The second kappa shape index (κ2) is 5.07. The summed E-state index contributed by atoms with van der Waals surface area (Å²) in [5.74, 6) is 0.328. The Bertz CT molecular complexity index is 412. The summed E-state index contributed by atoms with van der Waals surface area (Å²) in [6.45, 7) is 7.56. The van der Waals surface area contributed by atoms with Crippen molar-refractivity contribution in [1.82, 2.24) is 9.78 Å². The van der Waals surface area contributed by atoms with Crippen molar-refractivity contribution in [2.45, 2.75) is 39.8 Å². The number of rotatable bonds is 4. The maximum Gasteiger partial charge on any atom is 0.328 e. The van der Waals surface area contributed by atoms with Crippen molar-refractivity contribution in [2.24, 2.45) is 0 Å². The summed E-state index contributed by atoms with van der Waals surface area (Å²) in [5, 5.41) is 7.36. The van der Waals surface area contributed by atoms with E-state index in [1.165, 1.54) is 7.11 Å². The monoisotopic (exact) mass is 240 g/mol. The molecule has 1 aromatic rings. The second-order valence-electron chi connectivity index (χ2n) is 4.28. The number of carbonyl (C=O) groups excluding carboxylic acids is 1. The van der Waals surface area contributed by atoms with Gasteiger partial charge >= 0.3 is 5.97 Å². The van der Waals surface area contributed by atoms with Gasteiger partial charge in [0, 0.05) is 6.04 Å². The van der Waals surface area contributed by atoms with Gasteiger partial charge in [-0.15, -0.1) is 0 Å². The van der Waals surface area contributed by atoms with Gasteiger partial charge < -0.3 is 15.8 Å². The van der Waals surface area contributed by atoms with E-state index in [1.54, 1.807) is 11.6 Å². The lowest BCUT2D eigenvalue weighted by molar-refractivity contribution is -0.141. The smallest absolute Gasteiger partial charge is 0.328 e. The zero-order chi connectivity index (χ0) is 13.2. The van der Waals surface area contributed by atoms with E-state index in [0.29, 0.717) is 11.5 Å². The molecule has 0 bridgehead atoms. The Balaban J connectivity index is 3.01. The third-order valence-corrected chi connectivity index (χ3v) is 2.53. The van der Waals surface area contributed by atoms with Crippen molar-refractivity contribution in [1.29, 1.82) is 0 Å². The Morgan fingerprint density at radius 2 is 2.06 bits per heavy atom.